The maximum absolute atomic E-state index is 6.03. The van der Waals surface area contributed by atoms with Gasteiger partial charge in [0.15, 0.2) is 0 Å². The summed E-state index contributed by atoms with van der Waals surface area (Å²) >= 11 is 9.80. The van der Waals surface area contributed by atoms with E-state index in [4.69, 9.17) is 11.6 Å². The van der Waals surface area contributed by atoms with Crippen LogP contribution in [0.3, 0.4) is 0 Å². The lowest BCUT2D eigenvalue weighted by Crippen LogP contribution is -1.86. The van der Waals surface area contributed by atoms with E-state index >= 15 is 0 Å². The van der Waals surface area contributed by atoms with Crippen LogP contribution in [-0.2, 0) is 0 Å². The highest BCUT2D eigenvalue weighted by atomic mass is 35.5. The van der Waals surface area contributed by atoms with Crippen molar-refractivity contribution in [1.82, 2.24) is 0 Å². The first kappa shape index (κ1) is 12.3. The van der Waals surface area contributed by atoms with Gasteiger partial charge < -0.3 is 0 Å². The van der Waals surface area contributed by atoms with E-state index < -0.39 is 0 Å². The first-order chi connectivity index (χ1) is 6.84. The standard InChI is InChI=1S/C11H14ClS2/c1-2-7-13-8-9-14-11-6-4-3-5-10(11)12/h3-6H,1-2,7-9H2. The van der Waals surface area contributed by atoms with E-state index in [1.165, 1.54) is 10.6 Å². The Balaban J connectivity index is 2.21. The van der Waals surface area contributed by atoms with Gasteiger partial charge in [-0.3, -0.25) is 0 Å². The van der Waals surface area contributed by atoms with Crippen LogP contribution < -0.4 is 0 Å². The van der Waals surface area contributed by atoms with Crippen LogP contribution in [0.25, 0.3) is 0 Å². The van der Waals surface area contributed by atoms with Crippen LogP contribution >= 0.6 is 35.1 Å². The molecule has 1 aromatic rings. The summed E-state index contributed by atoms with van der Waals surface area (Å²) in [5.41, 5.74) is 0. The highest BCUT2D eigenvalue weighted by molar-refractivity contribution is 8.03. The molecule has 0 spiro atoms. The first-order valence-electron chi connectivity index (χ1n) is 4.59. The van der Waals surface area contributed by atoms with Crippen LogP contribution in [0.15, 0.2) is 29.2 Å². The Bertz CT molecular complexity index is 263. The minimum absolute atomic E-state index is 0.861. The molecule has 0 bridgehead atoms. The van der Waals surface area contributed by atoms with Gasteiger partial charge >= 0.3 is 0 Å². The molecule has 0 fully saturated rings. The SMILES string of the molecule is [CH2]CCSCCSc1ccccc1Cl. The van der Waals surface area contributed by atoms with Crippen LogP contribution in [0.4, 0.5) is 0 Å². The summed E-state index contributed by atoms with van der Waals surface area (Å²) in [5.74, 6) is 3.45. The third-order valence-electron chi connectivity index (χ3n) is 1.61. The van der Waals surface area contributed by atoms with Crippen molar-refractivity contribution in [3.8, 4) is 0 Å². The van der Waals surface area contributed by atoms with Crippen LogP contribution in [0.2, 0.25) is 5.02 Å². The van der Waals surface area contributed by atoms with Crippen molar-refractivity contribution < 1.29 is 0 Å². The number of halogens is 1. The largest absolute Gasteiger partial charge is 0.161 e. The van der Waals surface area contributed by atoms with Crippen LogP contribution in [0, 0.1) is 6.92 Å². The first-order valence-corrected chi connectivity index (χ1v) is 7.10. The molecular formula is C11H14ClS2. The van der Waals surface area contributed by atoms with Crippen molar-refractivity contribution in [3.05, 3.63) is 36.2 Å². The predicted octanol–water partition coefficient (Wildman–Crippen LogP) is 4.39. The number of rotatable bonds is 6. The Hall–Kier alpha value is 0.210. The van der Waals surface area contributed by atoms with E-state index in [2.05, 4.69) is 13.0 Å². The molecule has 0 heterocycles. The Labute approximate surface area is 99.8 Å². The molecule has 0 unspecified atom stereocenters. The van der Waals surface area contributed by atoms with Gasteiger partial charge in [0.2, 0.25) is 0 Å². The van der Waals surface area contributed by atoms with E-state index in [1.807, 2.05) is 41.7 Å². The van der Waals surface area contributed by atoms with Gasteiger partial charge in [0.05, 0.1) is 5.02 Å². The molecule has 0 atom stereocenters. The van der Waals surface area contributed by atoms with Gasteiger partial charge in [0.25, 0.3) is 0 Å². The van der Waals surface area contributed by atoms with E-state index in [-0.39, 0.29) is 0 Å². The van der Waals surface area contributed by atoms with E-state index in [0.29, 0.717) is 0 Å². The fraction of sp³-hybridized carbons (Fsp3) is 0.364. The summed E-state index contributed by atoms with van der Waals surface area (Å²) in [6, 6.07) is 7.99. The summed E-state index contributed by atoms with van der Waals surface area (Å²) in [5, 5.41) is 0.861. The van der Waals surface area contributed by atoms with Crippen molar-refractivity contribution in [2.24, 2.45) is 0 Å². The fourth-order valence-electron chi connectivity index (χ4n) is 0.976. The summed E-state index contributed by atoms with van der Waals surface area (Å²) in [7, 11) is 0. The van der Waals surface area contributed by atoms with Crippen molar-refractivity contribution in [2.45, 2.75) is 11.3 Å². The van der Waals surface area contributed by atoms with Crippen molar-refractivity contribution in [1.29, 1.82) is 0 Å². The highest BCUT2D eigenvalue weighted by Gasteiger charge is 1.98. The molecule has 1 aromatic carbocycles. The summed E-state index contributed by atoms with van der Waals surface area (Å²) in [4.78, 5) is 1.18. The van der Waals surface area contributed by atoms with Crippen LogP contribution in [0.1, 0.15) is 6.42 Å². The molecule has 14 heavy (non-hydrogen) atoms. The molecule has 3 heteroatoms. The average Bonchev–Trinajstić information content (AvgIpc) is 2.20. The number of hydrogen-bond acceptors (Lipinski definition) is 2. The smallest absolute Gasteiger partial charge is 0.0541 e. The van der Waals surface area contributed by atoms with Gasteiger partial charge in [-0.15, -0.1) is 11.8 Å². The fourth-order valence-corrected chi connectivity index (χ4v) is 3.09. The Kier molecular flexibility index (Phi) is 6.57. The van der Waals surface area contributed by atoms with Gasteiger partial charge in [0.1, 0.15) is 0 Å². The van der Waals surface area contributed by atoms with Crippen molar-refractivity contribution >= 4 is 35.1 Å². The molecular weight excluding hydrogens is 232 g/mol. The zero-order chi connectivity index (χ0) is 10.2. The summed E-state index contributed by atoms with van der Waals surface area (Å²) in [6.45, 7) is 3.81. The van der Waals surface area contributed by atoms with Crippen molar-refractivity contribution in [3.63, 3.8) is 0 Å². The number of benzene rings is 1. The second-order valence-electron chi connectivity index (χ2n) is 2.74. The number of thioether (sulfide) groups is 2. The summed E-state index contributed by atoms with van der Waals surface area (Å²) in [6.07, 6.45) is 1.02. The molecule has 0 saturated carbocycles. The number of hydrogen-bond donors (Lipinski definition) is 0. The van der Waals surface area contributed by atoms with Crippen molar-refractivity contribution in [2.75, 3.05) is 17.3 Å². The van der Waals surface area contributed by atoms with Gasteiger partial charge in [-0.25, -0.2) is 0 Å². The molecule has 77 valence electrons. The molecule has 0 saturated heterocycles. The van der Waals surface area contributed by atoms with Crippen LogP contribution in [-0.4, -0.2) is 17.3 Å². The van der Waals surface area contributed by atoms with Gasteiger partial charge in [0, 0.05) is 16.4 Å². The second kappa shape index (κ2) is 7.49. The Morgan fingerprint density at radius 2 is 1.93 bits per heavy atom. The predicted molar refractivity (Wildman–Crippen MR) is 69.5 cm³/mol. The lowest BCUT2D eigenvalue weighted by Gasteiger charge is -2.02. The molecule has 0 nitrogen and oxygen atoms in total. The van der Waals surface area contributed by atoms with E-state index in [0.717, 1.165) is 22.9 Å². The molecule has 1 radical (unpaired) electrons. The molecule has 0 N–H and O–H groups in total. The molecule has 0 aliphatic carbocycles. The Morgan fingerprint density at radius 1 is 1.14 bits per heavy atom. The third-order valence-corrected chi connectivity index (χ3v) is 4.46. The lowest BCUT2D eigenvalue weighted by molar-refractivity contribution is 1.24. The molecule has 0 aromatic heterocycles. The molecule has 0 aliphatic rings. The quantitative estimate of drug-likeness (QED) is 0.539. The average molecular weight is 246 g/mol. The van der Waals surface area contributed by atoms with Gasteiger partial charge in [-0.05, 0) is 24.3 Å². The maximum atomic E-state index is 6.03. The third kappa shape index (κ3) is 4.63. The minimum atomic E-state index is 0.861. The zero-order valence-corrected chi connectivity index (χ0v) is 10.4. The summed E-state index contributed by atoms with van der Waals surface area (Å²) < 4.78 is 0. The van der Waals surface area contributed by atoms with E-state index in [1.54, 1.807) is 0 Å². The van der Waals surface area contributed by atoms with Gasteiger partial charge in [-0.1, -0.05) is 30.7 Å². The lowest BCUT2D eigenvalue weighted by atomic mass is 10.4. The Morgan fingerprint density at radius 3 is 2.64 bits per heavy atom. The highest BCUT2D eigenvalue weighted by Crippen LogP contribution is 2.26. The monoisotopic (exact) mass is 245 g/mol. The zero-order valence-electron chi connectivity index (χ0n) is 8.04. The molecule has 0 aliphatic heterocycles. The molecule has 0 amide bonds. The minimum Gasteiger partial charge on any atom is -0.161 e. The van der Waals surface area contributed by atoms with Gasteiger partial charge in [-0.2, -0.15) is 11.8 Å². The second-order valence-corrected chi connectivity index (χ2v) is 5.51. The molecule has 1 rings (SSSR count). The van der Waals surface area contributed by atoms with Crippen LogP contribution in [0.5, 0.6) is 0 Å². The maximum Gasteiger partial charge on any atom is 0.0541 e. The van der Waals surface area contributed by atoms with E-state index in [9.17, 15) is 0 Å². The topological polar surface area (TPSA) is 0 Å². The normalized spacial score (nSPS) is 10.4.